The van der Waals surface area contributed by atoms with Gasteiger partial charge in [-0.3, -0.25) is 9.59 Å². The number of rotatable bonds is 4. The number of para-hydroxylation sites is 1. The van der Waals surface area contributed by atoms with Crippen molar-refractivity contribution >= 4 is 45.7 Å². The van der Waals surface area contributed by atoms with E-state index in [1.165, 1.54) is 23.1 Å². The number of thioether (sulfide) groups is 1. The first-order valence-corrected chi connectivity index (χ1v) is 8.32. The zero-order chi connectivity index (χ0) is 15.5. The number of fused-ring (bicyclic) bond motifs is 1. The number of aromatic nitrogens is 2. The molecule has 1 aromatic heterocycles. The highest BCUT2D eigenvalue weighted by atomic mass is 32.2. The zero-order valence-corrected chi connectivity index (χ0v) is 13.0. The summed E-state index contributed by atoms with van der Waals surface area (Å²) in [5.41, 5.74) is 7.15. The van der Waals surface area contributed by atoms with E-state index in [1.54, 1.807) is 0 Å². The summed E-state index contributed by atoms with van der Waals surface area (Å²) in [6.45, 7) is 0. The van der Waals surface area contributed by atoms with Gasteiger partial charge in [0.2, 0.25) is 16.9 Å². The summed E-state index contributed by atoms with van der Waals surface area (Å²) in [5.74, 6) is -0.0589. The summed E-state index contributed by atoms with van der Waals surface area (Å²) in [5, 5.41) is 13.6. The SMILES string of the molecule is Nc1nnc(SCC(=O)N[C@H]2CC(=O)Nc3ccccc32)s1. The molecule has 1 aromatic carbocycles. The van der Waals surface area contributed by atoms with E-state index >= 15 is 0 Å². The van der Waals surface area contributed by atoms with E-state index < -0.39 is 0 Å². The van der Waals surface area contributed by atoms with Crippen LogP contribution in [0.3, 0.4) is 0 Å². The van der Waals surface area contributed by atoms with Crippen molar-refractivity contribution in [2.75, 3.05) is 16.8 Å². The summed E-state index contributed by atoms with van der Waals surface area (Å²) in [4.78, 5) is 23.8. The van der Waals surface area contributed by atoms with E-state index in [1.807, 2.05) is 24.3 Å². The van der Waals surface area contributed by atoms with Crippen LogP contribution in [0.1, 0.15) is 18.0 Å². The summed E-state index contributed by atoms with van der Waals surface area (Å²) in [7, 11) is 0. The highest BCUT2D eigenvalue weighted by Crippen LogP contribution is 2.30. The molecule has 1 aliphatic rings. The van der Waals surface area contributed by atoms with E-state index in [9.17, 15) is 9.59 Å². The van der Waals surface area contributed by atoms with Gasteiger partial charge in [0, 0.05) is 5.69 Å². The maximum Gasteiger partial charge on any atom is 0.230 e. The molecule has 0 fully saturated rings. The van der Waals surface area contributed by atoms with Crippen LogP contribution >= 0.6 is 23.1 Å². The van der Waals surface area contributed by atoms with Crippen LogP contribution in [-0.4, -0.2) is 27.8 Å². The van der Waals surface area contributed by atoms with Gasteiger partial charge in [-0.15, -0.1) is 10.2 Å². The van der Waals surface area contributed by atoms with Gasteiger partial charge >= 0.3 is 0 Å². The average molecular weight is 335 g/mol. The number of nitrogens with two attached hydrogens (primary N) is 1. The number of carbonyl (C=O) groups is 2. The molecule has 3 rings (SSSR count). The van der Waals surface area contributed by atoms with Crippen molar-refractivity contribution in [3.8, 4) is 0 Å². The van der Waals surface area contributed by atoms with Gasteiger partial charge in [-0.2, -0.15) is 0 Å². The molecule has 0 bridgehead atoms. The predicted octanol–water partition coefficient (Wildman–Crippen LogP) is 1.41. The molecular weight excluding hydrogens is 322 g/mol. The predicted molar refractivity (Wildman–Crippen MR) is 85.6 cm³/mol. The Labute approximate surface area is 134 Å². The summed E-state index contributed by atoms with van der Waals surface area (Å²) < 4.78 is 0.648. The lowest BCUT2D eigenvalue weighted by molar-refractivity contribution is -0.120. The summed E-state index contributed by atoms with van der Waals surface area (Å²) >= 11 is 2.51. The second-order valence-electron chi connectivity index (χ2n) is 4.65. The van der Waals surface area contributed by atoms with Gasteiger partial charge in [0.1, 0.15) is 0 Å². The van der Waals surface area contributed by atoms with E-state index in [4.69, 9.17) is 5.73 Å². The van der Waals surface area contributed by atoms with Crippen molar-refractivity contribution < 1.29 is 9.59 Å². The normalized spacial score (nSPS) is 16.7. The van der Waals surface area contributed by atoms with Gasteiger partial charge in [0.15, 0.2) is 4.34 Å². The number of amides is 2. The Bertz CT molecular complexity index is 718. The Morgan fingerprint density at radius 3 is 3.05 bits per heavy atom. The molecule has 0 aliphatic carbocycles. The van der Waals surface area contributed by atoms with Crippen molar-refractivity contribution in [3.63, 3.8) is 0 Å². The molecule has 1 atom stereocenters. The first kappa shape index (κ1) is 14.8. The first-order chi connectivity index (χ1) is 10.6. The zero-order valence-electron chi connectivity index (χ0n) is 11.4. The van der Waals surface area contributed by atoms with Crippen LogP contribution in [0, 0.1) is 0 Å². The van der Waals surface area contributed by atoms with Crippen LogP contribution in [0.5, 0.6) is 0 Å². The molecule has 9 heteroatoms. The quantitative estimate of drug-likeness (QED) is 0.729. The molecule has 1 aliphatic heterocycles. The summed E-state index contributed by atoms with van der Waals surface area (Å²) in [6, 6.07) is 7.15. The molecule has 22 heavy (non-hydrogen) atoms. The smallest absolute Gasteiger partial charge is 0.230 e. The Morgan fingerprint density at radius 2 is 2.27 bits per heavy atom. The van der Waals surface area contributed by atoms with Crippen LogP contribution in [0.25, 0.3) is 0 Å². The molecule has 114 valence electrons. The van der Waals surface area contributed by atoms with E-state index in [0.717, 1.165) is 11.3 Å². The van der Waals surface area contributed by atoms with Crippen LogP contribution in [-0.2, 0) is 9.59 Å². The van der Waals surface area contributed by atoms with E-state index in [-0.39, 0.29) is 30.0 Å². The molecule has 4 N–H and O–H groups in total. The molecule has 2 amide bonds. The number of benzene rings is 1. The molecule has 2 aromatic rings. The third kappa shape index (κ3) is 3.37. The van der Waals surface area contributed by atoms with Gasteiger partial charge in [-0.05, 0) is 11.6 Å². The van der Waals surface area contributed by atoms with Crippen molar-refractivity contribution in [2.24, 2.45) is 0 Å². The number of carbonyl (C=O) groups excluding carboxylic acids is 2. The molecule has 0 radical (unpaired) electrons. The molecule has 7 nitrogen and oxygen atoms in total. The Kier molecular flexibility index (Phi) is 4.25. The van der Waals surface area contributed by atoms with Crippen molar-refractivity contribution in [1.82, 2.24) is 15.5 Å². The van der Waals surface area contributed by atoms with Gasteiger partial charge in [0.05, 0.1) is 18.2 Å². The Balaban J connectivity index is 1.63. The third-order valence-electron chi connectivity index (χ3n) is 3.08. The largest absolute Gasteiger partial charge is 0.374 e. The fraction of sp³-hybridized carbons (Fsp3) is 0.231. The number of anilines is 2. The number of hydrogen-bond acceptors (Lipinski definition) is 7. The molecule has 0 unspecified atom stereocenters. The standard InChI is InChI=1S/C13H13N5O2S2/c14-12-17-18-13(22-12)21-6-11(20)16-9-5-10(19)15-8-4-2-1-3-7(8)9/h1-4,9H,5-6H2,(H2,14,17)(H,15,19)(H,16,20)/t9-/m0/s1. The van der Waals surface area contributed by atoms with Crippen LogP contribution in [0.2, 0.25) is 0 Å². The van der Waals surface area contributed by atoms with Crippen LogP contribution in [0.15, 0.2) is 28.6 Å². The Hall–Kier alpha value is -2.13. The second kappa shape index (κ2) is 6.32. The van der Waals surface area contributed by atoms with Gasteiger partial charge < -0.3 is 16.4 Å². The third-order valence-corrected chi connectivity index (χ3v) is 4.97. The van der Waals surface area contributed by atoms with E-state index in [2.05, 4.69) is 20.8 Å². The minimum atomic E-state index is -0.308. The highest BCUT2D eigenvalue weighted by Gasteiger charge is 2.26. The molecule has 2 heterocycles. The number of hydrogen-bond donors (Lipinski definition) is 3. The van der Waals surface area contributed by atoms with Crippen molar-refractivity contribution in [2.45, 2.75) is 16.8 Å². The molecule has 0 saturated heterocycles. The minimum Gasteiger partial charge on any atom is -0.374 e. The maximum atomic E-state index is 12.1. The van der Waals surface area contributed by atoms with Crippen molar-refractivity contribution in [3.05, 3.63) is 29.8 Å². The number of nitrogen functional groups attached to an aromatic ring is 1. The lowest BCUT2D eigenvalue weighted by Crippen LogP contribution is -2.35. The summed E-state index contributed by atoms with van der Waals surface area (Å²) in [6.07, 6.45) is 0.235. The molecule has 0 spiro atoms. The average Bonchev–Trinajstić information content (AvgIpc) is 2.91. The van der Waals surface area contributed by atoms with Crippen LogP contribution < -0.4 is 16.4 Å². The van der Waals surface area contributed by atoms with Gasteiger partial charge in [-0.1, -0.05) is 41.3 Å². The lowest BCUT2D eigenvalue weighted by atomic mass is 9.97. The van der Waals surface area contributed by atoms with Gasteiger partial charge in [0.25, 0.3) is 0 Å². The Morgan fingerprint density at radius 1 is 1.45 bits per heavy atom. The number of nitrogens with one attached hydrogen (secondary N) is 2. The fourth-order valence-corrected chi connectivity index (χ4v) is 3.63. The fourth-order valence-electron chi connectivity index (χ4n) is 2.18. The number of nitrogens with zero attached hydrogens (tertiary/aromatic N) is 2. The van der Waals surface area contributed by atoms with Crippen LogP contribution in [0.4, 0.5) is 10.8 Å². The minimum absolute atomic E-state index is 0.103. The molecular formula is C13H13N5O2S2. The lowest BCUT2D eigenvalue weighted by Gasteiger charge is -2.26. The molecule has 0 saturated carbocycles. The first-order valence-electron chi connectivity index (χ1n) is 6.52. The monoisotopic (exact) mass is 335 g/mol. The maximum absolute atomic E-state index is 12.1. The highest BCUT2D eigenvalue weighted by molar-refractivity contribution is 8.01. The second-order valence-corrected chi connectivity index (χ2v) is 6.89. The van der Waals surface area contributed by atoms with Gasteiger partial charge in [-0.25, -0.2) is 0 Å². The topological polar surface area (TPSA) is 110 Å². The van der Waals surface area contributed by atoms with E-state index in [0.29, 0.717) is 9.47 Å². The van der Waals surface area contributed by atoms with Crippen molar-refractivity contribution in [1.29, 1.82) is 0 Å².